The van der Waals surface area contributed by atoms with E-state index in [4.69, 9.17) is 11.6 Å². The van der Waals surface area contributed by atoms with Gasteiger partial charge >= 0.3 is 5.69 Å². The lowest BCUT2D eigenvalue weighted by atomic mass is 9.96. The lowest BCUT2D eigenvalue weighted by molar-refractivity contribution is 0.548. The third-order valence-electron chi connectivity index (χ3n) is 2.79. The van der Waals surface area contributed by atoms with Gasteiger partial charge in [0.25, 0.3) is 0 Å². The van der Waals surface area contributed by atoms with Crippen molar-refractivity contribution >= 4 is 21.4 Å². The van der Waals surface area contributed by atoms with Crippen molar-refractivity contribution in [3.63, 3.8) is 0 Å². The van der Waals surface area contributed by atoms with Crippen LogP contribution in [0.25, 0.3) is 0 Å². The van der Waals surface area contributed by atoms with Gasteiger partial charge in [-0.1, -0.05) is 11.6 Å². The Kier molecular flexibility index (Phi) is 3.03. The summed E-state index contributed by atoms with van der Waals surface area (Å²) < 4.78 is 22.5. The highest BCUT2D eigenvalue weighted by molar-refractivity contribution is 7.91. The average molecular weight is 263 g/mol. The molecule has 0 unspecified atom stereocenters. The van der Waals surface area contributed by atoms with Crippen LogP contribution in [0.15, 0.2) is 11.0 Å². The number of hydrogen-bond acceptors (Lipinski definition) is 4. The zero-order valence-corrected chi connectivity index (χ0v) is 10.0. The molecule has 0 spiro atoms. The Morgan fingerprint density at radius 2 is 2.00 bits per heavy atom. The third-order valence-corrected chi connectivity index (χ3v) is 4.81. The van der Waals surface area contributed by atoms with Crippen molar-refractivity contribution in [1.29, 1.82) is 0 Å². The fraction of sp³-hybridized carbons (Fsp3) is 0.556. The number of aromatic nitrogens is 2. The number of H-pyrrole nitrogens is 1. The van der Waals surface area contributed by atoms with E-state index in [-0.39, 0.29) is 22.6 Å². The molecule has 1 aliphatic heterocycles. The molecule has 0 radical (unpaired) electrons. The van der Waals surface area contributed by atoms with Gasteiger partial charge in [-0.2, -0.15) is 0 Å². The zero-order chi connectivity index (χ0) is 11.8. The predicted octanol–water partition coefficient (Wildman–Crippen LogP) is 0.715. The summed E-state index contributed by atoms with van der Waals surface area (Å²) in [7, 11) is -2.88. The van der Waals surface area contributed by atoms with Gasteiger partial charge in [0, 0.05) is 11.8 Å². The van der Waals surface area contributed by atoms with Crippen LogP contribution in [0.4, 0.5) is 0 Å². The van der Waals surface area contributed by atoms with E-state index in [1.54, 1.807) is 0 Å². The summed E-state index contributed by atoms with van der Waals surface area (Å²) in [5, 5.41) is 0.268. The maximum Gasteiger partial charge on any atom is 0.346 e. The van der Waals surface area contributed by atoms with Crippen molar-refractivity contribution in [1.82, 2.24) is 9.97 Å². The van der Waals surface area contributed by atoms with Crippen molar-refractivity contribution in [3.05, 3.63) is 27.4 Å². The van der Waals surface area contributed by atoms with Crippen molar-refractivity contribution in [2.75, 3.05) is 11.5 Å². The number of nitrogens with zero attached hydrogens (tertiary/aromatic N) is 1. The van der Waals surface area contributed by atoms with Crippen molar-refractivity contribution in [2.24, 2.45) is 0 Å². The molecule has 16 heavy (non-hydrogen) atoms. The molecule has 1 aromatic heterocycles. The molecule has 1 N–H and O–H groups in total. The molecule has 0 bridgehead atoms. The zero-order valence-electron chi connectivity index (χ0n) is 8.44. The van der Waals surface area contributed by atoms with E-state index >= 15 is 0 Å². The quantitative estimate of drug-likeness (QED) is 0.756. The van der Waals surface area contributed by atoms with Crippen LogP contribution in [0.2, 0.25) is 5.15 Å². The first-order valence-corrected chi connectivity index (χ1v) is 7.13. The second-order valence-corrected chi connectivity index (χ2v) is 6.57. The summed E-state index contributed by atoms with van der Waals surface area (Å²) in [5.41, 5.74) is 0.244. The summed E-state index contributed by atoms with van der Waals surface area (Å²) in [5.74, 6) is 0.417. The highest BCUT2D eigenvalue weighted by atomic mass is 35.5. The van der Waals surface area contributed by atoms with Gasteiger partial charge < -0.3 is 0 Å². The molecule has 7 heteroatoms. The summed E-state index contributed by atoms with van der Waals surface area (Å²) in [6, 6.07) is 0. The smallest absolute Gasteiger partial charge is 0.296 e. The standard InChI is InChI=1S/C9H11ClN2O3S/c10-8-7(5-11-9(13)12-8)6-1-3-16(14,15)4-2-6/h5-6H,1-4H2,(H,11,12,13). The van der Waals surface area contributed by atoms with Crippen LogP contribution < -0.4 is 5.69 Å². The van der Waals surface area contributed by atoms with Crippen LogP contribution in [-0.4, -0.2) is 29.9 Å². The Hall–Kier alpha value is -0.880. The molecule has 0 aliphatic carbocycles. The second-order valence-electron chi connectivity index (χ2n) is 3.88. The predicted molar refractivity (Wildman–Crippen MR) is 60.5 cm³/mol. The number of rotatable bonds is 1. The Bertz CT molecular complexity index is 538. The maximum absolute atomic E-state index is 11.3. The van der Waals surface area contributed by atoms with Crippen LogP contribution in [0.3, 0.4) is 0 Å². The van der Waals surface area contributed by atoms with E-state index in [2.05, 4.69) is 9.97 Å². The number of halogens is 1. The minimum atomic E-state index is -2.88. The van der Waals surface area contributed by atoms with Crippen LogP contribution in [0, 0.1) is 0 Å². The summed E-state index contributed by atoms with van der Waals surface area (Å²) in [6.45, 7) is 0. The van der Waals surface area contributed by atoms with Crippen LogP contribution in [0.5, 0.6) is 0 Å². The highest BCUT2D eigenvalue weighted by Crippen LogP contribution is 2.31. The van der Waals surface area contributed by atoms with Crippen molar-refractivity contribution in [2.45, 2.75) is 18.8 Å². The van der Waals surface area contributed by atoms with Gasteiger partial charge in [0.05, 0.1) is 11.5 Å². The topological polar surface area (TPSA) is 79.9 Å². The Balaban J connectivity index is 2.23. The summed E-state index contributed by atoms with van der Waals surface area (Å²) >= 11 is 5.89. The average Bonchev–Trinajstić information content (AvgIpc) is 2.19. The SMILES string of the molecule is O=c1ncc(C2CCS(=O)(=O)CC2)c(Cl)[nH]1. The summed E-state index contributed by atoms with van der Waals surface area (Å²) in [6.07, 6.45) is 2.51. The molecule has 5 nitrogen and oxygen atoms in total. The van der Waals surface area contributed by atoms with Gasteiger partial charge in [0.15, 0.2) is 0 Å². The van der Waals surface area contributed by atoms with Gasteiger partial charge in [-0.3, -0.25) is 4.98 Å². The lowest BCUT2D eigenvalue weighted by Crippen LogP contribution is -2.23. The first-order chi connectivity index (χ1) is 7.48. The molecular weight excluding hydrogens is 252 g/mol. The molecule has 0 aromatic carbocycles. The van der Waals surface area contributed by atoms with E-state index in [0.717, 1.165) is 5.56 Å². The normalized spacial score (nSPS) is 20.8. The van der Waals surface area contributed by atoms with Gasteiger partial charge in [-0.05, 0) is 18.8 Å². The van der Waals surface area contributed by atoms with Crippen LogP contribution >= 0.6 is 11.6 Å². The first kappa shape index (κ1) is 11.6. The summed E-state index contributed by atoms with van der Waals surface area (Å²) in [4.78, 5) is 16.9. The van der Waals surface area contributed by atoms with Crippen LogP contribution in [-0.2, 0) is 9.84 Å². The molecule has 0 saturated carbocycles. The van der Waals surface area contributed by atoms with Gasteiger partial charge in [-0.15, -0.1) is 0 Å². The third kappa shape index (κ3) is 2.44. The lowest BCUT2D eigenvalue weighted by Gasteiger charge is -2.22. The van der Waals surface area contributed by atoms with Gasteiger partial charge in [-0.25, -0.2) is 18.2 Å². The monoisotopic (exact) mass is 262 g/mol. The molecule has 0 amide bonds. The van der Waals surface area contributed by atoms with E-state index in [1.807, 2.05) is 0 Å². The molecule has 0 atom stereocenters. The minimum Gasteiger partial charge on any atom is -0.296 e. The fourth-order valence-corrected chi connectivity index (χ4v) is 3.64. The van der Waals surface area contributed by atoms with E-state index in [0.29, 0.717) is 12.8 Å². The molecular formula is C9H11ClN2O3S. The Labute approximate surface area is 97.8 Å². The highest BCUT2D eigenvalue weighted by Gasteiger charge is 2.26. The molecule has 1 aromatic rings. The Morgan fingerprint density at radius 1 is 1.38 bits per heavy atom. The van der Waals surface area contributed by atoms with Gasteiger partial charge in [0.2, 0.25) is 0 Å². The molecule has 1 fully saturated rings. The maximum atomic E-state index is 11.3. The molecule has 1 aliphatic rings. The van der Waals surface area contributed by atoms with E-state index < -0.39 is 15.5 Å². The molecule has 2 rings (SSSR count). The number of sulfone groups is 1. The number of aromatic amines is 1. The first-order valence-electron chi connectivity index (χ1n) is 4.93. The molecule has 1 saturated heterocycles. The van der Waals surface area contributed by atoms with E-state index in [9.17, 15) is 13.2 Å². The largest absolute Gasteiger partial charge is 0.346 e. The minimum absolute atomic E-state index is 0.0698. The fourth-order valence-electron chi connectivity index (χ4n) is 1.87. The van der Waals surface area contributed by atoms with Crippen molar-refractivity contribution < 1.29 is 8.42 Å². The number of hydrogen-bond donors (Lipinski definition) is 1. The molecule has 88 valence electrons. The van der Waals surface area contributed by atoms with E-state index in [1.165, 1.54) is 6.20 Å². The van der Waals surface area contributed by atoms with Crippen molar-refractivity contribution in [3.8, 4) is 0 Å². The van der Waals surface area contributed by atoms with Gasteiger partial charge in [0.1, 0.15) is 15.0 Å². The number of nitrogens with one attached hydrogen (secondary N) is 1. The molecule has 2 heterocycles. The van der Waals surface area contributed by atoms with Crippen LogP contribution in [0.1, 0.15) is 24.3 Å². The Morgan fingerprint density at radius 3 is 2.56 bits per heavy atom. The second kappa shape index (κ2) is 4.18.